The van der Waals surface area contributed by atoms with Crippen LogP contribution in [0.15, 0.2) is 66.7 Å². The molecule has 0 atom stereocenters. The fourth-order valence-electron chi connectivity index (χ4n) is 2.31. The molecule has 0 saturated heterocycles. The van der Waals surface area contributed by atoms with Gasteiger partial charge in [-0.1, -0.05) is 0 Å². The normalized spacial score (nSPS) is 11.1. The van der Waals surface area contributed by atoms with Gasteiger partial charge in [0.05, 0.1) is 0 Å². The van der Waals surface area contributed by atoms with E-state index >= 15 is 0 Å². The molecule has 2 aromatic carbocycles. The van der Waals surface area contributed by atoms with Crippen LogP contribution in [0.25, 0.3) is 10.9 Å². The molecule has 0 aliphatic carbocycles. The van der Waals surface area contributed by atoms with E-state index in [1.54, 1.807) is 0 Å². The Morgan fingerprint density at radius 2 is 1.73 bits per heavy atom. The number of fused-ring (bicyclic) bond motifs is 1. The number of hydrogen-bond acceptors (Lipinski definition) is 3. The summed E-state index contributed by atoms with van der Waals surface area (Å²) >= 11 is -1.57. The van der Waals surface area contributed by atoms with Crippen LogP contribution in [0.4, 0.5) is 0 Å². The summed E-state index contributed by atoms with van der Waals surface area (Å²) in [5, 5.41) is 1.11. The van der Waals surface area contributed by atoms with Crippen molar-refractivity contribution < 1.29 is 8.56 Å². The third-order valence-corrected chi connectivity index (χ3v) is 5.92. The average Bonchev–Trinajstić information content (AvgIpc) is 2.59. The summed E-state index contributed by atoms with van der Waals surface area (Å²) in [4.78, 5) is 16.4. The standard InChI is InChI=1S/C18H17GeNO2/c21-18(13-10-14-6-2-1-3-7-14)22-19-17-12-11-15-8-4-5-9-16(15)20-17/h1-9,11-12H,10,13,19H2. The van der Waals surface area contributed by atoms with Gasteiger partial charge in [0.25, 0.3) is 0 Å². The second-order valence-corrected chi connectivity index (χ2v) is 7.87. The zero-order valence-corrected chi connectivity index (χ0v) is 15.2. The molecule has 0 unspecified atom stereocenters. The fourth-order valence-corrected chi connectivity index (χ4v) is 4.20. The molecule has 0 radical (unpaired) electrons. The molecule has 4 heteroatoms. The van der Waals surface area contributed by atoms with E-state index in [-0.39, 0.29) is 5.97 Å². The summed E-state index contributed by atoms with van der Waals surface area (Å²) in [7, 11) is 0. The van der Waals surface area contributed by atoms with Crippen LogP contribution < -0.4 is 4.53 Å². The molecule has 22 heavy (non-hydrogen) atoms. The maximum absolute atomic E-state index is 11.9. The molecule has 0 bridgehead atoms. The van der Waals surface area contributed by atoms with Crippen molar-refractivity contribution >= 4 is 37.2 Å². The Bertz CT molecular complexity index is 774. The molecule has 3 nitrogen and oxygen atoms in total. The minimum atomic E-state index is -1.57. The van der Waals surface area contributed by atoms with Gasteiger partial charge in [-0.15, -0.1) is 0 Å². The predicted octanol–water partition coefficient (Wildman–Crippen LogP) is 2.12. The number of nitrogens with zero attached hydrogens (tertiary/aromatic N) is 1. The van der Waals surface area contributed by atoms with Crippen LogP contribution in [0.3, 0.4) is 0 Å². The first kappa shape index (κ1) is 14.8. The van der Waals surface area contributed by atoms with Crippen LogP contribution in [-0.4, -0.2) is 26.7 Å². The first-order valence-corrected chi connectivity index (χ1v) is 10.0. The van der Waals surface area contributed by atoms with Gasteiger partial charge in [-0.2, -0.15) is 0 Å². The molecule has 1 heterocycles. The van der Waals surface area contributed by atoms with E-state index in [9.17, 15) is 4.79 Å². The summed E-state index contributed by atoms with van der Waals surface area (Å²) in [6, 6.07) is 22.0. The Morgan fingerprint density at radius 3 is 2.59 bits per heavy atom. The fraction of sp³-hybridized carbons (Fsp3) is 0.111. The Morgan fingerprint density at radius 1 is 0.955 bits per heavy atom. The van der Waals surface area contributed by atoms with Crippen LogP contribution >= 0.6 is 0 Å². The molecule has 110 valence electrons. The van der Waals surface area contributed by atoms with Gasteiger partial charge in [0.2, 0.25) is 0 Å². The Hall–Kier alpha value is -2.14. The molecule has 0 aliphatic rings. The van der Waals surface area contributed by atoms with Gasteiger partial charge in [0, 0.05) is 0 Å². The maximum atomic E-state index is 11.9. The zero-order chi connectivity index (χ0) is 15.2. The average molecular weight is 352 g/mol. The van der Waals surface area contributed by atoms with Crippen LogP contribution in [0.5, 0.6) is 0 Å². The molecule has 0 fully saturated rings. The molecule has 0 aliphatic heterocycles. The van der Waals surface area contributed by atoms with Crippen LogP contribution in [0.1, 0.15) is 12.0 Å². The molecular weight excluding hydrogens is 335 g/mol. The molecule has 0 N–H and O–H groups in total. The van der Waals surface area contributed by atoms with Crippen molar-refractivity contribution in [3.8, 4) is 0 Å². The van der Waals surface area contributed by atoms with Crippen molar-refractivity contribution in [1.29, 1.82) is 0 Å². The zero-order valence-electron chi connectivity index (χ0n) is 12.2. The van der Waals surface area contributed by atoms with Crippen molar-refractivity contribution in [3.05, 3.63) is 72.3 Å². The number of rotatable bonds is 5. The molecule has 1 aromatic heterocycles. The minimum absolute atomic E-state index is 0.112. The summed E-state index contributed by atoms with van der Waals surface area (Å²) in [5.41, 5.74) is 2.13. The van der Waals surface area contributed by atoms with Crippen molar-refractivity contribution in [2.45, 2.75) is 12.8 Å². The number of benzene rings is 2. The Kier molecular flexibility index (Phi) is 4.86. The van der Waals surface area contributed by atoms with E-state index < -0.39 is 15.8 Å². The third-order valence-electron chi connectivity index (χ3n) is 3.50. The number of carbonyl (C=O) groups is 1. The number of aromatic nitrogens is 1. The molecule has 0 spiro atoms. The van der Waals surface area contributed by atoms with E-state index in [4.69, 9.17) is 3.76 Å². The third kappa shape index (κ3) is 3.95. The summed E-state index contributed by atoms with van der Waals surface area (Å²) in [5.74, 6) is -0.112. The summed E-state index contributed by atoms with van der Waals surface area (Å²) in [6.45, 7) is 0. The second kappa shape index (κ2) is 7.22. The van der Waals surface area contributed by atoms with E-state index in [1.165, 1.54) is 0 Å². The second-order valence-electron chi connectivity index (χ2n) is 5.14. The van der Waals surface area contributed by atoms with Crippen molar-refractivity contribution in [1.82, 2.24) is 4.98 Å². The van der Waals surface area contributed by atoms with E-state index in [0.717, 1.165) is 27.4 Å². The Balaban J connectivity index is 1.53. The van der Waals surface area contributed by atoms with Gasteiger partial charge in [0.1, 0.15) is 0 Å². The first-order valence-electron chi connectivity index (χ1n) is 7.35. The van der Waals surface area contributed by atoms with Crippen LogP contribution in [0, 0.1) is 0 Å². The molecule has 0 saturated carbocycles. The van der Waals surface area contributed by atoms with Gasteiger partial charge in [0.15, 0.2) is 0 Å². The van der Waals surface area contributed by atoms with Gasteiger partial charge in [-0.05, 0) is 0 Å². The number of carbonyl (C=O) groups excluding carboxylic acids is 1. The van der Waals surface area contributed by atoms with E-state index in [1.807, 2.05) is 66.7 Å². The first-order chi connectivity index (χ1) is 10.8. The van der Waals surface area contributed by atoms with Gasteiger partial charge < -0.3 is 0 Å². The molecule has 0 amide bonds. The van der Waals surface area contributed by atoms with E-state index in [0.29, 0.717) is 6.42 Å². The summed E-state index contributed by atoms with van der Waals surface area (Å²) < 4.78 is 6.44. The molecular formula is C18H17GeNO2. The topological polar surface area (TPSA) is 39.2 Å². The van der Waals surface area contributed by atoms with Gasteiger partial charge in [-0.3, -0.25) is 0 Å². The predicted molar refractivity (Wildman–Crippen MR) is 90.8 cm³/mol. The quantitative estimate of drug-likeness (QED) is 0.661. The van der Waals surface area contributed by atoms with Gasteiger partial charge >= 0.3 is 136 Å². The monoisotopic (exact) mass is 353 g/mol. The molecule has 3 aromatic rings. The summed E-state index contributed by atoms with van der Waals surface area (Å²) in [6.07, 6.45) is 1.16. The van der Waals surface area contributed by atoms with Crippen molar-refractivity contribution in [3.63, 3.8) is 0 Å². The van der Waals surface area contributed by atoms with Crippen molar-refractivity contribution in [2.75, 3.05) is 0 Å². The Labute approximate surface area is 136 Å². The SMILES string of the molecule is O=C(CCc1ccccc1)[O][GeH2][c]1ccc2ccccc2n1. The van der Waals surface area contributed by atoms with Gasteiger partial charge in [-0.25, -0.2) is 0 Å². The van der Waals surface area contributed by atoms with Crippen LogP contribution in [0.2, 0.25) is 0 Å². The number of pyridine rings is 1. The van der Waals surface area contributed by atoms with E-state index in [2.05, 4.69) is 4.98 Å². The molecule has 3 rings (SSSR count). The number of para-hydroxylation sites is 1. The van der Waals surface area contributed by atoms with Crippen LogP contribution in [-0.2, 0) is 15.0 Å². The number of hydrogen-bond donors (Lipinski definition) is 0. The van der Waals surface area contributed by atoms with Crippen molar-refractivity contribution in [2.24, 2.45) is 0 Å². The number of aryl methyl sites for hydroxylation is 1.